The third-order valence-electron chi connectivity index (χ3n) is 6.06. The van der Waals surface area contributed by atoms with Gasteiger partial charge in [0.05, 0.1) is 24.1 Å². The molecule has 0 N–H and O–H groups in total. The Morgan fingerprint density at radius 2 is 1.90 bits per heavy atom. The van der Waals surface area contributed by atoms with Crippen LogP contribution in [0.3, 0.4) is 0 Å². The lowest BCUT2D eigenvalue weighted by Crippen LogP contribution is -2.39. The number of likely N-dealkylation sites (tertiary alicyclic amines) is 1. The van der Waals surface area contributed by atoms with Crippen molar-refractivity contribution in [2.24, 2.45) is 5.41 Å². The molecule has 29 heavy (non-hydrogen) atoms. The summed E-state index contributed by atoms with van der Waals surface area (Å²) in [6, 6.07) is 7.70. The number of benzene rings is 1. The van der Waals surface area contributed by atoms with Crippen molar-refractivity contribution in [3.8, 4) is 5.75 Å². The molecule has 2 aromatic rings. The van der Waals surface area contributed by atoms with E-state index in [2.05, 4.69) is 36.3 Å². The fourth-order valence-electron chi connectivity index (χ4n) is 4.41. The van der Waals surface area contributed by atoms with Gasteiger partial charge in [-0.1, -0.05) is 12.1 Å². The molecule has 0 aliphatic carbocycles. The third kappa shape index (κ3) is 3.61. The molecule has 0 radical (unpaired) electrons. The quantitative estimate of drug-likeness (QED) is 0.786. The maximum atomic E-state index is 13.6. The first kappa shape index (κ1) is 19.8. The minimum absolute atomic E-state index is 0.156. The maximum absolute atomic E-state index is 13.6. The van der Waals surface area contributed by atoms with Crippen LogP contribution in [0.2, 0.25) is 0 Å². The van der Waals surface area contributed by atoms with E-state index >= 15 is 0 Å². The van der Waals surface area contributed by atoms with E-state index in [1.807, 2.05) is 33.8 Å². The molecule has 8 nitrogen and oxygen atoms in total. The summed E-state index contributed by atoms with van der Waals surface area (Å²) in [4.78, 5) is 15.6. The van der Waals surface area contributed by atoms with Crippen LogP contribution in [0.1, 0.15) is 57.5 Å². The van der Waals surface area contributed by atoms with Crippen molar-refractivity contribution >= 4 is 5.91 Å². The Hall–Kier alpha value is -2.48. The molecular formula is C21H29N5O3. The van der Waals surface area contributed by atoms with Gasteiger partial charge in [0, 0.05) is 19.8 Å². The van der Waals surface area contributed by atoms with Gasteiger partial charge in [0.2, 0.25) is 5.91 Å². The summed E-state index contributed by atoms with van der Waals surface area (Å²) < 4.78 is 12.7. The highest BCUT2D eigenvalue weighted by Crippen LogP contribution is 2.50. The fourth-order valence-corrected chi connectivity index (χ4v) is 4.41. The molecular weight excluding hydrogens is 370 g/mol. The maximum Gasteiger partial charge on any atom is 0.229 e. The number of ether oxygens (including phenoxy) is 2. The molecule has 0 bridgehead atoms. The molecule has 1 spiro atoms. The molecule has 4 rings (SSSR count). The lowest BCUT2D eigenvalue weighted by molar-refractivity contribution is -0.141. The summed E-state index contributed by atoms with van der Waals surface area (Å²) in [7, 11) is 1.65. The van der Waals surface area contributed by atoms with Crippen LogP contribution in [-0.4, -0.2) is 51.3 Å². The number of tetrazole rings is 1. The summed E-state index contributed by atoms with van der Waals surface area (Å²) >= 11 is 0. The minimum atomic E-state index is -0.385. The van der Waals surface area contributed by atoms with Gasteiger partial charge in [-0.25, -0.2) is 4.68 Å². The van der Waals surface area contributed by atoms with Crippen LogP contribution < -0.4 is 4.74 Å². The van der Waals surface area contributed by atoms with Crippen LogP contribution in [-0.2, 0) is 21.6 Å². The highest BCUT2D eigenvalue weighted by molar-refractivity contribution is 5.85. The molecule has 1 unspecified atom stereocenters. The van der Waals surface area contributed by atoms with Gasteiger partial charge in [-0.15, -0.1) is 5.10 Å². The lowest BCUT2D eigenvalue weighted by Gasteiger charge is -2.31. The zero-order valence-electron chi connectivity index (χ0n) is 17.6. The second-order valence-electron chi connectivity index (χ2n) is 9.01. The predicted molar refractivity (Wildman–Crippen MR) is 106 cm³/mol. The summed E-state index contributed by atoms with van der Waals surface area (Å²) in [5.74, 6) is 1.74. The molecule has 0 saturated carbocycles. The third-order valence-corrected chi connectivity index (χ3v) is 6.06. The van der Waals surface area contributed by atoms with Gasteiger partial charge in [0.15, 0.2) is 5.82 Å². The lowest BCUT2D eigenvalue weighted by atomic mass is 9.77. The molecule has 1 amide bonds. The van der Waals surface area contributed by atoms with Gasteiger partial charge < -0.3 is 14.4 Å². The van der Waals surface area contributed by atoms with Crippen LogP contribution in [0.4, 0.5) is 0 Å². The van der Waals surface area contributed by atoms with Gasteiger partial charge in [-0.05, 0) is 68.2 Å². The Kier molecular flexibility index (Phi) is 5.06. The first-order chi connectivity index (χ1) is 13.8. The minimum Gasteiger partial charge on any atom is -0.497 e. The molecule has 156 valence electrons. The number of nitrogens with zero attached hydrogens (tertiary/aromatic N) is 5. The fraction of sp³-hybridized carbons (Fsp3) is 0.619. The van der Waals surface area contributed by atoms with E-state index in [-0.39, 0.29) is 22.9 Å². The molecule has 1 aromatic heterocycles. The zero-order chi connectivity index (χ0) is 20.6. The highest BCUT2D eigenvalue weighted by Gasteiger charge is 2.54. The van der Waals surface area contributed by atoms with Crippen LogP contribution >= 0.6 is 0 Å². The summed E-state index contributed by atoms with van der Waals surface area (Å²) in [5.41, 5.74) is 0.409. The largest absolute Gasteiger partial charge is 0.497 e. The van der Waals surface area contributed by atoms with E-state index in [0.717, 1.165) is 36.4 Å². The Bertz CT molecular complexity index is 865. The van der Waals surface area contributed by atoms with Crippen molar-refractivity contribution in [2.75, 3.05) is 20.3 Å². The standard InChI is InChI=1S/C21H29N5O3/c1-20(2,3)26-18(22-23-24-26)17-13-21(9-11-29-12-10-21)19(27)25(17)14-15-5-7-16(28-4)8-6-15/h5-8,17H,9-14H2,1-4H3. The predicted octanol–water partition coefficient (Wildman–Crippen LogP) is 2.71. The number of aromatic nitrogens is 4. The zero-order valence-corrected chi connectivity index (χ0v) is 17.6. The van der Waals surface area contributed by atoms with E-state index in [0.29, 0.717) is 19.8 Å². The van der Waals surface area contributed by atoms with Gasteiger partial charge in [-0.3, -0.25) is 4.79 Å². The SMILES string of the molecule is COc1ccc(CN2C(=O)C3(CCOCC3)CC2c2nnnn2C(C)(C)C)cc1. The van der Waals surface area contributed by atoms with Crippen molar-refractivity contribution in [2.45, 2.75) is 58.2 Å². The van der Waals surface area contributed by atoms with Gasteiger partial charge in [0.25, 0.3) is 0 Å². The Morgan fingerprint density at radius 3 is 2.52 bits per heavy atom. The van der Waals surface area contributed by atoms with Crippen LogP contribution in [0, 0.1) is 5.41 Å². The van der Waals surface area contributed by atoms with E-state index in [4.69, 9.17) is 9.47 Å². The van der Waals surface area contributed by atoms with E-state index < -0.39 is 0 Å². The molecule has 1 atom stereocenters. The number of rotatable bonds is 4. The molecule has 2 fully saturated rings. The van der Waals surface area contributed by atoms with Crippen molar-refractivity contribution < 1.29 is 14.3 Å². The van der Waals surface area contributed by atoms with Crippen LogP contribution in [0.5, 0.6) is 5.75 Å². The summed E-state index contributed by atoms with van der Waals surface area (Å²) in [5, 5.41) is 12.5. The van der Waals surface area contributed by atoms with E-state index in [1.165, 1.54) is 0 Å². The number of hydrogen-bond donors (Lipinski definition) is 0. The molecule has 2 aliphatic heterocycles. The smallest absolute Gasteiger partial charge is 0.229 e. The second-order valence-corrected chi connectivity index (χ2v) is 9.01. The molecule has 2 saturated heterocycles. The van der Waals surface area contributed by atoms with Crippen molar-refractivity contribution in [1.29, 1.82) is 0 Å². The molecule has 8 heteroatoms. The van der Waals surface area contributed by atoms with Gasteiger partial charge >= 0.3 is 0 Å². The van der Waals surface area contributed by atoms with Gasteiger partial charge in [0.1, 0.15) is 5.75 Å². The number of amides is 1. The molecule has 1 aromatic carbocycles. The van der Waals surface area contributed by atoms with E-state index in [1.54, 1.807) is 7.11 Å². The summed E-state index contributed by atoms with van der Waals surface area (Å²) in [6.07, 6.45) is 2.22. The van der Waals surface area contributed by atoms with Crippen molar-refractivity contribution in [3.05, 3.63) is 35.7 Å². The Morgan fingerprint density at radius 1 is 1.21 bits per heavy atom. The Labute approximate surface area is 171 Å². The van der Waals surface area contributed by atoms with Crippen LogP contribution in [0.25, 0.3) is 0 Å². The van der Waals surface area contributed by atoms with Crippen LogP contribution in [0.15, 0.2) is 24.3 Å². The average Bonchev–Trinajstić information content (AvgIpc) is 3.29. The molecule has 3 heterocycles. The topological polar surface area (TPSA) is 82.4 Å². The summed E-state index contributed by atoms with van der Waals surface area (Å²) in [6.45, 7) is 7.98. The first-order valence-electron chi connectivity index (χ1n) is 10.1. The van der Waals surface area contributed by atoms with E-state index in [9.17, 15) is 4.79 Å². The van der Waals surface area contributed by atoms with Gasteiger partial charge in [-0.2, -0.15) is 0 Å². The highest BCUT2D eigenvalue weighted by atomic mass is 16.5. The van der Waals surface area contributed by atoms with Crippen molar-refractivity contribution in [1.82, 2.24) is 25.1 Å². The second kappa shape index (κ2) is 7.40. The first-order valence-corrected chi connectivity index (χ1v) is 10.1. The number of carbonyl (C=O) groups is 1. The van der Waals surface area contributed by atoms with Crippen molar-refractivity contribution in [3.63, 3.8) is 0 Å². The number of hydrogen-bond acceptors (Lipinski definition) is 6. The Balaban J connectivity index is 1.70. The number of carbonyl (C=O) groups excluding carboxylic acids is 1. The average molecular weight is 399 g/mol. The monoisotopic (exact) mass is 399 g/mol. The normalized spacial score (nSPS) is 21.7. The number of methoxy groups -OCH3 is 1. The molecule has 2 aliphatic rings.